The van der Waals surface area contributed by atoms with Gasteiger partial charge in [-0.05, 0) is 85.1 Å². The lowest BCUT2D eigenvalue weighted by molar-refractivity contribution is -0.117. The molecule has 302 valence electrons. The third-order valence-electron chi connectivity index (χ3n) is 11.1. The molecule has 3 amide bonds. The van der Waals surface area contributed by atoms with Gasteiger partial charge in [0.1, 0.15) is 11.5 Å². The second kappa shape index (κ2) is 16.6. The standard InChI is InChI=1S/C46H46N6O7/c1-27-17-37-39(48-23-34-19-32(26-51(34)45(37)54)30-9-13-36(56-4)14-10-30)21-41(27)58-15-6-16-59-43-22-40-38(20-42(43)57-5)46(55)52-25-31(18-35(52)24-49-40)29-7-11-33(12-8-29)50-44(53)28(2)47-3/h7-14,17,20-26,28,34-35,47H,6,15-16,18-19H2,1-5H3,(H,50,53)/t28-,34-,35-/m0/s1. The molecule has 0 saturated carbocycles. The molecule has 0 spiro atoms. The second-order valence-electron chi connectivity index (χ2n) is 14.8. The number of ether oxygens (including phenoxy) is 4. The van der Waals surface area contributed by atoms with Gasteiger partial charge in [0.2, 0.25) is 5.91 Å². The first-order chi connectivity index (χ1) is 28.6. The number of aliphatic imine (C=N–C) groups is 2. The van der Waals surface area contributed by atoms with Crippen molar-refractivity contribution in [3.63, 3.8) is 0 Å². The normalized spacial score (nSPS) is 18.1. The van der Waals surface area contributed by atoms with Gasteiger partial charge in [-0.1, -0.05) is 24.3 Å². The van der Waals surface area contributed by atoms with Gasteiger partial charge in [0.05, 0.1) is 68.1 Å². The van der Waals surface area contributed by atoms with Crippen LogP contribution in [0.25, 0.3) is 11.1 Å². The van der Waals surface area contributed by atoms with Crippen LogP contribution in [0.1, 0.15) is 63.6 Å². The van der Waals surface area contributed by atoms with Crippen molar-refractivity contribution in [1.82, 2.24) is 15.1 Å². The summed E-state index contributed by atoms with van der Waals surface area (Å²) in [7, 11) is 4.92. The van der Waals surface area contributed by atoms with Gasteiger partial charge in [0.15, 0.2) is 11.5 Å². The fourth-order valence-corrected chi connectivity index (χ4v) is 7.53. The van der Waals surface area contributed by atoms with E-state index in [4.69, 9.17) is 28.9 Å². The molecule has 4 aromatic carbocycles. The first kappa shape index (κ1) is 39.1. The predicted octanol–water partition coefficient (Wildman–Crippen LogP) is 7.35. The molecule has 0 unspecified atom stereocenters. The molecule has 0 aromatic heterocycles. The van der Waals surface area contributed by atoms with E-state index in [1.807, 2.05) is 86.2 Å². The number of hydrogen-bond donors (Lipinski definition) is 2. The highest BCUT2D eigenvalue weighted by molar-refractivity contribution is 6.06. The summed E-state index contributed by atoms with van der Waals surface area (Å²) in [5, 5.41) is 5.83. The van der Waals surface area contributed by atoms with Crippen LogP contribution in [0.15, 0.2) is 95.2 Å². The van der Waals surface area contributed by atoms with Crippen LogP contribution in [0, 0.1) is 6.92 Å². The number of hydrogen-bond acceptors (Lipinski definition) is 10. The summed E-state index contributed by atoms with van der Waals surface area (Å²) in [5.41, 5.74) is 7.64. The molecule has 13 nitrogen and oxygen atoms in total. The van der Waals surface area contributed by atoms with Crippen LogP contribution in [-0.2, 0) is 4.79 Å². The Kier molecular flexibility index (Phi) is 11.0. The number of aryl methyl sites for hydroxylation is 1. The molecule has 2 N–H and O–H groups in total. The second-order valence-corrected chi connectivity index (χ2v) is 14.8. The largest absolute Gasteiger partial charge is 0.497 e. The Hall–Kier alpha value is -6.73. The number of methoxy groups -OCH3 is 2. The maximum atomic E-state index is 13.9. The van der Waals surface area contributed by atoms with Crippen LogP contribution in [0.2, 0.25) is 0 Å². The van der Waals surface area contributed by atoms with Crippen molar-refractivity contribution >= 4 is 58.4 Å². The van der Waals surface area contributed by atoms with E-state index in [0.717, 1.165) is 33.6 Å². The third-order valence-corrected chi connectivity index (χ3v) is 11.1. The first-order valence-electron chi connectivity index (χ1n) is 19.6. The summed E-state index contributed by atoms with van der Waals surface area (Å²) in [5.74, 6) is 1.95. The van der Waals surface area contributed by atoms with Gasteiger partial charge in [-0.15, -0.1) is 0 Å². The van der Waals surface area contributed by atoms with Gasteiger partial charge in [0, 0.05) is 61.9 Å². The van der Waals surface area contributed by atoms with E-state index in [0.29, 0.717) is 77.9 Å². The maximum absolute atomic E-state index is 13.9. The van der Waals surface area contributed by atoms with Crippen molar-refractivity contribution in [3.8, 4) is 23.0 Å². The van der Waals surface area contributed by atoms with E-state index in [2.05, 4.69) is 10.6 Å². The topological polar surface area (TPSA) is 143 Å². The number of likely N-dealkylation sites (N-methyl/N-ethyl adjacent to an activating group) is 1. The zero-order valence-electron chi connectivity index (χ0n) is 33.7. The lowest BCUT2D eigenvalue weighted by Gasteiger charge is -2.19. The molecule has 0 radical (unpaired) electrons. The number of benzene rings is 4. The van der Waals surface area contributed by atoms with Crippen LogP contribution in [0.3, 0.4) is 0 Å². The molecule has 4 aliphatic rings. The molecule has 4 aliphatic heterocycles. The SMILES string of the molecule is CN[C@@H](C)C(=O)Nc1ccc(C2=CN3C(=O)c4cc(OC)c(OCCCOc5cc6c(cc5C)C(=O)N5C=C(c7ccc(OC)cc7)C[C@H]5C=N6)cc4N=C[C@@H]3C2)cc1. The summed E-state index contributed by atoms with van der Waals surface area (Å²) in [6.07, 6.45) is 9.26. The lowest BCUT2D eigenvalue weighted by atomic mass is 10.0. The molecular weight excluding hydrogens is 749 g/mol. The van der Waals surface area contributed by atoms with Crippen LogP contribution < -0.4 is 29.6 Å². The van der Waals surface area contributed by atoms with Gasteiger partial charge in [-0.25, -0.2) is 0 Å². The number of carbonyl (C=O) groups excluding carboxylic acids is 3. The Bertz CT molecular complexity index is 2420. The summed E-state index contributed by atoms with van der Waals surface area (Å²) in [6, 6.07) is 21.8. The zero-order chi connectivity index (χ0) is 41.2. The van der Waals surface area contributed by atoms with Crippen LogP contribution in [0.4, 0.5) is 17.1 Å². The summed E-state index contributed by atoms with van der Waals surface area (Å²) in [4.78, 5) is 52.8. The van der Waals surface area contributed by atoms with Crippen LogP contribution in [-0.4, -0.2) is 92.6 Å². The highest BCUT2D eigenvalue weighted by Crippen LogP contribution is 2.41. The lowest BCUT2D eigenvalue weighted by Crippen LogP contribution is -2.35. The fourth-order valence-electron chi connectivity index (χ4n) is 7.53. The zero-order valence-corrected chi connectivity index (χ0v) is 33.7. The van der Waals surface area contributed by atoms with E-state index in [1.54, 1.807) is 56.3 Å². The van der Waals surface area contributed by atoms with E-state index in [1.165, 1.54) is 0 Å². The Balaban J connectivity index is 0.876. The van der Waals surface area contributed by atoms with Gasteiger partial charge in [-0.2, -0.15) is 0 Å². The Morgan fingerprint density at radius 3 is 1.85 bits per heavy atom. The Labute approximate surface area is 343 Å². The van der Waals surface area contributed by atoms with Crippen molar-refractivity contribution in [1.29, 1.82) is 0 Å². The number of nitrogens with zero attached hydrogens (tertiary/aromatic N) is 4. The van der Waals surface area contributed by atoms with E-state index in [-0.39, 0.29) is 35.8 Å². The molecule has 13 heteroatoms. The minimum absolute atomic E-state index is 0.0957. The minimum Gasteiger partial charge on any atom is -0.497 e. The number of anilines is 1. The number of rotatable bonds is 13. The van der Waals surface area contributed by atoms with Crippen molar-refractivity contribution < 1.29 is 33.3 Å². The molecule has 3 atom stereocenters. The Morgan fingerprint density at radius 1 is 0.746 bits per heavy atom. The van der Waals surface area contributed by atoms with E-state index >= 15 is 0 Å². The van der Waals surface area contributed by atoms with Crippen molar-refractivity contribution in [2.24, 2.45) is 9.98 Å². The molecule has 0 saturated heterocycles. The van der Waals surface area contributed by atoms with Crippen molar-refractivity contribution in [2.45, 2.75) is 51.2 Å². The molecule has 0 fully saturated rings. The highest BCUT2D eigenvalue weighted by atomic mass is 16.5. The minimum atomic E-state index is -0.312. The van der Waals surface area contributed by atoms with E-state index < -0.39 is 0 Å². The van der Waals surface area contributed by atoms with Crippen molar-refractivity contribution in [3.05, 3.63) is 113 Å². The molecule has 0 bridgehead atoms. The monoisotopic (exact) mass is 794 g/mol. The van der Waals surface area contributed by atoms with Gasteiger partial charge < -0.3 is 39.4 Å². The van der Waals surface area contributed by atoms with Crippen molar-refractivity contribution in [2.75, 3.05) is 39.8 Å². The van der Waals surface area contributed by atoms with Gasteiger partial charge >= 0.3 is 0 Å². The number of carbonyl (C=O) groups is 3. The third kappa shape index (κ3) is 7.93. The summed E-state index contributed by atoms with van der Waals surface area (Å²) < 4.78 is 23.3. The fraction of sp³-hybridized carbons (Fsp3) is 0.283. The van der Waals surface area contributed by atoms with Gasteiger partial charge in [-0.3, -0.25) is 24.4 Å². The van der Waals surface area contributed by atoms with Crippen LogP contribution >= 0.6 is 0 Å². The highest BCUT2D eigenvalue weighted by Gasteiger charge is 2.35. The summed E-state index contributed by atoms with van der Waals surface area (Å²) >= 11 is 0. The molecule has 4 aromatic rings. The van der Waals surface area contributed by atoms with Gasteiger partial charge in [0.25, 0.3) is 11.8 Å². The summed E-state index contributed by atoms with van der Waals surface area (Å²) in [6.45, 7) is 4.41. The average molecular weight is 795 g/mol. The number of amides is 3. The predicted molar refractivity (Wildman–Crippen MR) is 228 cm³/mol. The number of nitrogens with one attached hydrogen (secondary N) is 2. The average Bonchev–Trinajstić information content (AvgIpc) is 3.84. The smallest absolute Gasteiger partial charge is 0.260 e. The Morgan fingerprint density at radius 2 is 1.29 bits per heavy atom. The van der Waals surface area contributed by atoms with Crippen LogP contribution in [0.5, 0.6) is 23.0 Å². The quantitative estimate of drug-likeness (QED) is 0.134. The molecule has 4 heterocycles. The maximum Gasteiger partial charge on any atom is 0.260 e. The molecule has 0 aliphatic carbocycles. The molecule has 59 heavy (non-hydrogen) atoms. The molecule has 8 rings (SSSR count). The first-order valence-corrected chi connectivity index (χ1v) is 19.6. The number of fused-ring (bicyclic) bond motifs is 4. The van der Waals surface area contributed by atoms with E-state index in [9.17, 15) is 14.4 Å². The molecular formula is C46H46N6O7.